The van der Waals surface area contributed by atoms with E-state index in [1.165, 1.54) is 23.7 Å². The standard InChI is InChI=1S/C14H19BrN2/c1-2-16-8-3-4-9-17-10-7-12-5-6-13(15)11-14(12)17/h5-7,10-11,16H,2-4,8-9H2,1H3. The molecule has 2 nitrogen and oxygen atoms in total. The number of nitrogens with zero attached hydrogens (tertiary/aromatic N) is 1. The maximum atomic E-state index is 3.53. The Balaban J connectivity index is 1.96. The molecule has 92 valence electrons. The first-order valence-electron chi connectivity index (χ1n) is 6.26. The van der Waals surface area contributed by atoms with E-state index in [1.807, 2.05) is 0 Å². The Hall–Kier alpha value is -0.800. The minimum atomic E-state index is 1.07. The third-order valence-electron chi connectivity index (χ3n) is 2.99. The van der Waals surface area contributed by atoms with Gasteiger partial charge in [0.1, 0.15) is 0 Å². The predicted molar refractivity (Wildman–Crippen MR) is 77.4 cm³/mol. The average molecular weight is 295 g/mol. The average Bonchev–Trinajstić information content (AvgIpc) is 2.72. The molecule has 1 aromatic heterocycles. The maximum absolute atomic E-state index is 3.53. The van der Waals surface area contributed by atoms with Crippen molar-refractivity contribution in [1.29, 1.82) is 0 Å². The molecule has 0 saturated heterocycles. The van der Waals surface area contributed by atoms with E-state index in [2.05, 4.69) is 63.2 Å². The van der Waals surface area contributed by atoms with Crippen LogP contribution >= 0.6 is 15.9 Å². The fourth-order valence-corrected chi connectivity index (χ4v) is 2.41. The van der Waals surface area contributed by atoms with Gasteiger partial charge in [0.05, 0.1) is 0 Å². The summed E-state index contributed by atoms with van der Waals surface area (Å²) in [6.45, 7) is 5.45. The first-order valence-corrected chi connectivity index (χ1v) is 7.05. The van der Waals surface area contributed by atoms with Gasteiger partial charge in [-0.15, -0.1) is 0 Å². The lowest BCUT2D eigenvalue weighted by Gasteiger charge is -2.06. The molecule has 17 heavy (non-hydrogen) atoms. The number of benzene rings is 1. The third-order valence-corrected chi connectivity index (χ3v) is 3.48. The summed E-state index contributed by atoms with van der Waals surface area (Å²) in [7, 11) is 0. The molecule has 2 rings (SSSR count). The molecule has 0 aliphatic carbocycles. The molecule has 0 amide bonds. The lowest BCUT2D eigenvalue weighted by Crippen LogP contribution is -2.14. The van der Waals surface area contributed by atoms with Crippen LogP contribution in [0.25, 0.3) is 10.9 Å². The minimum absolute atomic E-state index is 1.07. The van der Waals surface area contributed by atoms with Gasteiger partial charge in [-0.05, 0) is 49.5 Å². The zero-order valence-corrected chi connectivity index (χ0v) is 11.8. The highest BCUT2D eigenvalue weighted by atomic mass is 79.9. The summed E-state index contributed by atoms with van der Waals surface area (Å²) in [5.41, 5.74) is 1.32. The van der Waals surface area contributed by atoms with E-state index < -0.39 is 0 Å². The van der Waals surface area contributed by atoms with Gasteiger partial charge in [-0.3, -0.25) is 0 Å². The molecule has 1 N–H and O–H groups in total. The summed E-state index contributed by atoms with van der Waals surface area (Å²) < 4.78 is 3.49. The minimum Gasteiger partial charge on any atom is -0.347 e. The molecular weight excluding hydrogens is 276 g/mol. The molecule has 1 aromatic carbocycles. The van der Waals surface area contributed by atoms with Crippen LogP contribution in [0.4, 0.5) is 0 Å². The number of aryl methyl sites for hydroxylation is 1. The van der Waals surface area contributed by atoms with E-state index in [9.17, 15) is 0 Å². The van der Waals surface area contributed by atoms with Crippen molar-refractivity contribution in [2.75, 3.05) is 13.1 Å². The van der Waals surface area contributed by atoms with E-state index >= 15 is 0 Å². The SMILES string of the molecule is CCNCCCCn1ccc2ccc(Br)cc21. The van der Waals surface area contributed by atoms with Crippen LogP contribution in [0.1, 0.15) is 19.8 Å². The summed E-state index contributed by atoms with van der Waals surface area (Å²) >= 11 is 3.53. The number of halogens is 1. The molecule has 0 fully saturated rings. The van der Waals surface area contributed by atoms with Gasteiger partial charge in [0.15, 0.2) is 0 Å². The zero-order chi connectivity index (χ0) is 12.1. The number of hydrogen-bond acceptors (Lipinski definition) is 1. The number of unbranched alkanes of at least 4 members (excludes halogenated alkanes) is 1. The molecule has 0 spiro atoms. The van der Waals surface area contributed by atoms with Crippen LogP contribution < -0.4 is 5.32 Å². The Morgan fingerprint density at radius 1 is 1.24 bits per heavy atom. The van der Waals surface area contributed by atoms with Crippen molar-refractivity contribution in [3.8, 4) is 0 Å². The molecule has 0 saturated carbocycles. The summed E-state index contributed by atoms with van der Waals surface area (Å²) in [6.07, 6.45) is 4.65. The van der Waals surface area contributed by atoms with Crippen molar-refractivity contribution in [3.05, 3.63) is 34.9 Å². The zero-order valence-electron chi connectivity index (χ0n) is 10.2. The molecule has 1 heterocycles. The monoisotopic (exact) mass is 294 g/mol. The van der Waals surface area contributed by atoms with Crippen molar-refractivity contribution in [3.63, 3.8) is 0 Å². The van der Waals surface area contributed by atoms with Crippen molar-refractivity contribution >= 4 is 26.8 Å². The second-order valence-corrected chi connectivity index (χ2v) is 5.19. The maximum Gasteiger partial charge on any atom is 0.0491 e. The Bertz CT molecular complexity index is 476. The number of rotatable bonds is 6. The van der Waals surface area contributed by atoms with Crippen LogP contribution in [0.3, 0.4) is 0 Å². The molecule has 0 atom stereocenters. The highest BCUT2D eigenvalue weighted by Gasteiger charge is 2.01. The molecular formula is C14H19BrN2. The number of nitrogens with one attached hydrogen (secondary N) is 1. The van der Waals surface area contributed by atoms with Crippen molar-refractivity contribution in [2.24, 2.45) is 0 Å². The van der Waals surface area contributed by atoms with Gasteiger partial charge in [0.25, 0.3) is 0 Å². The lowest BCUT2D eigenvalue weighted by molar-refractivity contribution is 0.586. The predicted octanol–water partition coefficient (Wildman–Crippen LogP) is 3.79. The van der Waals surface area contributed by atoms with E-state index in [1.54, 1.807) is 0 Å². The first-order chi connectivity index (χ1) is 8.31. The van der Waals surface area contributed by atoms with E-state index in [0.29, 0.717) is 0 Å². The highest BCUT2D eigenvalue weighted by molar-refractivity contribution is 9.10. The van der Waals surface area contributed by atoms with Crippen LogP contribution in [0, 0.1) is 0 Å². The second kappa shape index (κ2) is 6.22. The molecule has 0 bridgehead atoms. The Morgan fingerprint density at radius 2 is 2.12 bits per heavy atom. The van der Waals surface area contributed by atoms with Gasteiger partial charge in [-0.25, -0.2) is 0 Å². The summed E-state index contributed by atoms with van der Waals surface area (Å²) in [5.74, 6) is 0. The fraction of sp³-hybridized carbons (Fsp3) is 0.429. The van der Waals surface area contributed by atoms with Crippen LogP contribution in [0.2, 0.25) is 0 Å². The van der Waals surface area contributed by atoms with Crippen molar-refractivity contribution in [2.45, 2.75) is 26.3 Å². The quantitative estimate of drug-likeness (QED) is 0.802. The largest absolute Gasteiger partial charge is 0.347 e. The molecule has 0 aliphatic rings. The van der Waals surface area contributed by atoms with E-state index in [-0.39, 0.29) is 0 Å². The van der Waals surface area contributed by atoms with Crippen molar-refractivity contribution in [1.82, 2.24) is 9.88 Å². The molecule has 2 aromatic rings. The highest BCUT2D eigenvalue weighted by Crippen LogP contribution is 2.21. The van der Waals surface area contributed by atoms with Gasteiger partial charge in [-0.2, -0.15) is 0 Å². The van der Waals surface area contributed by atoms with Crippen LogP contribution in [-0.2, 0) is 6.54 Å². The second-order valence-electron chi connectivity index (χ2n) is 4.27. The Labute approximate surface area is 111 Å². The normalized spacial score (nSPS) is 11.2. The summed E-state index contributed by atoms with van der Waals surface area (Å²) in [4.78, 5) is 0. The van der Waals surface area contributed by atoms with Gasteiger partial charge in [0.2, 0.25) is 0 Å². The van der Waals surface area contributed by atoms with Crippen LogP contribution in [0.5, 0.6) is 0 Å². The smallest absolute Gasteiger partial charge is 0.0491 e. The van der Waals surface area contributed by atoms with Crippen molar-refractivity contribution < 1.29 is 0 Å². The summed E-state index contributed by atoms with van der Waals surface area (Å²) in [6, 6.07) is 8.64. The number of hydrogen-bond donors (Lipinski definition) is 1. The molecule has 3 heteroatoms. The number of fused-ring (bicyclic) bond motifs is 1. The summed E-state index contributed by atoms with van der Waals surface area (Å²) in [5, 5.41) is 4.68. The van der Waals surface area contributed by atoms with Gasteiger partial charge < -0.3 is 9.88 Å². The third kappa shape index (κ3) is 3.33. The fourth-order valence-electron chi connectivity index (χ4n) is 2.06. The topological polar surface area (TPSA) is 17.0 Å². The lowest BCUT2D eigenvalue weighted by atomic mass is 10.2. The van der Waals surface area contributed by atoms with E-state index in [0.717, 1.165) is 24.1 Å². The van der Waals surface area contributed by atoms with Crippen LogP contribution in [0.15, 0.2) is 34.9 Å². The van der Waals surface area contributed by atoms with Gasteiger partial charge in [0, 0.05) is 22.7 Å². The van der Waals surface area contributed by atoms with Gasteiger partial charge in [-0.1, -0.05) is 28.9 Å². The first kappa shape index (κ1) is 12.7. The molecule has 0 unspecified atom stereocenters. The Morgan fingerprint density at radius 3 is 2.94 bits per heavy atom. The number of aromatic nitrogens is 1. The van der Waals surface area contributed by atoms with Crippen LogP contribution in [-0.4, -0.2) is 17.7 Å². The van der Waals surface area contributed by atoms with Gasteiger partial charge >= 0.3 is 0 Å². The Kier molecular flexibility index (Phi) is 4.63. The molecule has 0 radical (unpaired) electrons. The van der Waals surface area contributed by atoms with E-state index in [4.69, 9.17) is 0 Å². The molecule has 0 aliphatic heterocycles.